The van der Waals surface area contributed by atoms with E-state index >= 15 is 0 Å². The SMILES string of the molecule is CCCn1ncc(N2CCC(C(=O)NCc3ccc(OC)cc3)CC2)cc1=O. The number of piperidine rings is 1. The molecule has 1 aliphatic heterocycles. The summed E-state index contributed by atoms with van der Waals surface area (Å²) in [4.78, 5) is 26.7. The lowest BCUT2D eigenvalue weighted by atomic mass is 9.95. The average Bonchev–Trinajstić information content (AvgIpc) is 2.74. The summed E-state index contributed by atoms with van der Waals surface area (Å²) in [5.41, 5.74) is 1.82. The predicted molar refractivity (Wildman–Crippen MR) is 109 cm³/mol. The fourth-order valence-corrected chi connectivity index (χ4v) is 3.45. The molecule has 0 unspecified atom stereocenters. The first kappa shape index (κ1) is 19.9. The number of benzene rings is 1. The molecule has 0 bridgehead atoms. The van der Waals surface area contributed by atoms with E-state index < -0.39 is 0 Å². The third kappa shape index (κ3) is 4.91. The van der Waals surface area contributed by atoms with Crippen LogP contribution < -0.4 is 20.5 Å². The van der Waals surface area contributed by atoms with Crippen LogP contribution in [0, 0.1) is 5.92 Å². The lowest BCUT2D eigenvalue weighted by Gasteiger charge is -2.32. The van der Waals surface area contributed by atoms with Gasteiger partial charge in [-0.25, -0.2) is 4.68 Å². The van der Waals surface area contributed by atoms with Gasteiger partial charge in [-0.1, -0.05) is 19.1 Å². The molecule has 0 spiro atoms. The standard InChI is InChI=1S/C21H28N4O3/c1-3-10-25-20(26)13-18(15-23-25)24-11-8-17(9-12-24)21(27)22-14-16-4-6-19(28-2)7-5-16/h4-7,13,15,17H,3,8-12,14H2,1-2H3,(H,22,27). The monoisotopic (exact) mass is 384 g/mol. The van der Waals surface area contributed by atoms with Gasteiger partial charge >= 0.3 is 0 Å². The molecule has 1 aliphatic rings. The first-order chi connectivity index (χ1) is 13.6. The van der Waals surface area contributed by atoms with Crippen LogP contribution in [0.1, 0.15) is 31.7 Å². The highest BCUT2D eigenvalue weighted by Crippen LogP contribution is 2.22. The molecule has 1 amide bonds. The molecule has 28 heavy (non-hydrogen) atoms. The maximum Gasteiger partial charge on any atom is 0.268 e. The molecule has 1 aromatic carbocycles. The van der Waals surface area contributed by atoms with Crippen molar-refractivity contribution in [2.75, 3.05) is 25.1 Å². The van der Waals surface area contributed by atoms with E-state index in [0.717, 1.165) is 49.4 Å². The van der Waals surface area contributed by atoms with Gasteiger partial charge in [0.05, 0.1) is 19.0 Å². The molecular formula is C21H28N4O3. The number of hydrogen-bond donors (Lipinski definition) is 1. The number of anilines is 1. The Hall–Kier alpha value is -2.83. The summed E-state index contributed by atoms with van der Waals surface area (Å²) in [7, 11) is 1.63. The van der Waals surface area contributed by atoms with Gasteiger partial charge in [-0.3, -0.25) is 9.59 Å². The third-order valence-electron chi connectivity index (χ3n) is 5.15. The molecule has 0 aliphatic carbocycles. The Balaban J connectivity index is 1.49. The van der Waals surface area contributed by atoms with Gasteiger partial charge in [-0.2, -0.15) is 5.10 Å². The van der Waals surface area contributed by atoms with Gasteiger partial charge in [-0.15, -0.1) is 0 Å². The topological polar surface area (TPSA) is 76.5 Å². The van der Waals surface area contributed by atoms with Crippen LogP contribution in [0.4, 0.5) is 5.69 Å². The van der Waals surface area contributed by atoms with Crippen molar-refractivity contribution in [1.29, 1.82) is 0 Å². The number of carbonyl (C=O) groups excluding carboxylic acids is 1. The zero-order valence-corrected chi connectivity index (χ0v) is 16.6. The Morgan fingerprint density at radius 3 is 2.57 bits per heavy atom. The van der Waals surface area contributed by atoms with E-state index in [0.29, 0.717) is 13.1 Å². The first-order valence-corrected chi connectivity index (χ1v) is 9.83. The number of methoxy groups -OCH3 is 1. The molecule has 1 N–H and O–H groups in total. The summed E-state index contributed by atoms with van der Waals surface area (Å²) >= 11 is 0. The molecule has 0 atom stereocenters. The van der Waals surface area contributed by atoms with E-state index in [-0.39, 0.29) is 17.4 Å². The third-order valence-corrected chi connectivity index (χ3v) is 5.15. The maximum absolute atomic E-state index is 12.5. The minimum Gasteiger partial charge on any atom is -0.497 e. The number of ether oxygens (including phenoxy) is 1. The zero-order valence-electron chi connectivity index (χ0n) is 16.6. The van der Waals surface area contributed by atoms with Crippen molar-refractivity contribution in [3.8, 4) is 5.75 Å². The molecule has 2 aromatic rings. The fourth-order valence-electron chi connectivity index (χ4n) is 3.45. The Labute approximate surface area is 165 Å². The Morgan fingerprint density at radius 2 is 1.96 bits per heavy atom. The highest BCUT2D eigenvalue weighted by molar-refractivity contribution is 5.79. The second-order valence-electron chi connectivity index (χ2n) is 7.10. The number of aromatic nitrogens is 2. The number of aryl methyl sites for hydroxylation is 1. The van der Waals surface area contributed by atoms with Gasteiger partial charge < -0.3 is 15.0 Å². The molecule has 0 saturated carbocycles. The molecule has 7 heteroatoms. The van der Waals surface area contributed by atoms with Crippen LogP contribution in [-0.4, -0.2) is 35.9 Å². The summed E-state index contributed by atoms with van der Waals surface area (Å²) in [5, 5.41) is 7.27. The first-order valence-electron chi connectivity index (χ1n) is 9.83. The van der Waals surface area contributed by atoms with E-state index in [4.69, 9.17) is 4.74 Å². The van der Waals surface area contributed by atoms with Crippen LogP contribution >= 0.6 is 0 Å². The number of hydrogen-bond acceptors (Lipinski definition) is 5. The minimum absolute atomic E-state index is 0.00270. The molecule has 1 fully saturated rings. The van der Waals surface area contributed by atoms with Crippen LogP contribution in [0.3, 0.4) is 0 Å². The summed E-state index contributed by atoms with van der Waals surface area (Å²) in [6.45, 7) is 4.67. The second-order valence-corrected chi connectivity index (χ2v) is 7.10. The van der Waals surface area contributed by atoms with Crippen molar-refractivity contribution in [2.24, 2.45) is 5.92 Å². The van der Waals surface area contributed by atoms with Gasteiger partial charge in [0.15, 0.2) is 0 Å². The van der Waals surface area contributed by atoms with Crippen molar-refractivity contribution in [2.45, 2.75) is 39.3 Å². The van der Waals surface area contributed by atoms with Crippen molar-refractivity contribution in [3.05, 3.63) is 52.4 Å². The van der Waals surface area contributed by atoms with Crippen molar-refractivity contribution in [3.63, 3.8) is 0 Å². The van der Waals surface area contributed by atoms with Crippen LogP contribution in [0.15, 0.2) is 41.3 Å². The van der Waals surface area contributed by atoms with E-state index in [1.165, 1.54) is 4.68 Å². The number of nitrogens with one attached hydrogen (secondary N) is 1. The van der Waals surface area contributed by atoms with Gasteiger partial charge in [0.2, 0.25) is 5.91 Å². The molecule has 1 saturated heterocycles. The van der Waals surface area contributed by atoms with Crippen LogP contribution in [-0.2, 0) is 17.9 Å². The molecule has 1 aromatic heterocycles. The van der Waals surface area contributed by atoms with E-state index in [9.17, 15) is 9.59 Å². The van der Waals surface area contributed by atoms with Crippen LogP contribution in [0.5, 0.6) is 5.75 Å². The fraction of sp³-hybridized carbons (Fsp3) is 0.476. The van der Waals surface area contributed by atoms with Gasteiger partial charge in [0.1, 0.15) is 5.75 Å². The van der Waals surface area contributed by atoms with Gasteiger partial charge in [-0.05, 0) is 37.0 Å². The van der Waals surface area contributed by atoms with Crippen LogP contribution in [0.2, 0.25) is 0 Å². The molecule has 2 heterocycles. The number of amides is 1. The molecule has 7 nitrogen and oxygen atoms in total. The minimum atomic E-state index is -0.0706. The quantitative estimate of drug-likeness (QED) is 0.792. The highest BCUT2D eigenvalue weighted by Gasteiger charge is 2.25. The predicted octanol–water partition coefficient (Wildman–Crippen LogP) is 2.19. The van der Waals surface area contributed by atoms with E-state index in [2.05, 4.69) is 15.3 Å². The number of nitrogens with zero attached hydrogens (tertiary/aromatic N) is 3. The van der Waals surface area contributed by atoms with Gasteiger partial charge in [0, 0.05) is 38.2 Å². The molecule has 150 valence electrons. The lowest BCUT2D eigenvalue weighted by molar-refractivity contribution is -0.125. The normalized spacial score (nSPS) is 14.7. The summed E-state index contributed by atoms with van der Waals surface area (Å²) in [6.07, 6.45) is 4.17. The highest BCUT2D eigenvalue weighted by atomic mass is 16.5. The van der Waals surface area contributed by atoms with E-state index in [1.807, 2.05) is 31.2 Å². The maximum atomic E-state index is 12.5. The van der Waals surface area contributed by atoms with E-state index in [1.54, 1.807) is 19.4 Å². The van der Waals surface area contributed by atoms with Crippen molar-refractivity contribution < 1.29 is 9.53 Å². The Kier molecular flexibility index (Phi) is 6.68. The van der Waals surface area contributed by atoms with Crippen molar-refractivity contribution >= 4 is 11.6 Å². The zero-order chi connectivity index (χ0) is 19.9. The Bertz CT molecular complexity index is 839. The lowest BCUT2D eigenvalue weighted by Crippen LogP contribution is -2.41. The molecular weight excluding hydrogens is 356 g/mol. The van der Waals surface area contributed by atoms with Gasteiger partial charge in [0.25, 0.3) is 5.56 Å². The number of rotatable bonds is 7. The van der Waals surface area contributed by atoms with Crippen molar-refractivity contribution in [1.82, 2.24) is 15.1 Å². The molecule has 3 rings (SSSR count). The van der Waals surface area contributed by atoms with Crippen LogP contribution in [0.25, 0.3) is 0 Å². The largest absolute Gasteiger partial charge is 0.497 e. The summed E-state index contributed by atoms with van der Waals surface area (Å²) in [6, 6.07) is 9.34. The molecule has 0 radical (unpaired) electrons. The summed E-state index contributed by atoms with van der Waals surface area (Å²) in [5.74, 6) is 0.897. The Morgan fingerprint density at radius 1 is 1.25 bits per heavy atom. The second kappa shape index (κ2) is 9.39. The smallest absolute Gasteiger partial charge is 0.268 e. The summed E-state index contributed by atoms with van der Waals surface area (Å²) < 4.78 is 6.63. The number of carbonyl (C=O) groups is 1. The average molecular weight is 384 g/mol.